The highest BCUT2D eigenvalue weighted by molar-refractivity contribution is 5.49. The Balaban J connectivity index is 2.15. The van der Waals surface area contributed by atoms with Gasteiger partial charge in [-0.05, 0) is 31.8 Å². The van der Waals surface area contributed by atoms with Gasteiger partial charge in [0.1, 0.15) is 6.29 Å². The Hall–Kier alpha value is -0.370. The van der Waals surface area contributed by atoms with E-state index in [1.807, 2.05) is 0 Å². The molecule has 0 saturated carbocycles. The summed E-state index contributed by atoms with van der Waals surface area (Å²) in [5.74, 6) is 0.622. The summed E-state index contributed by atoms with van der Waals surface area (Å²) in [4.78, 5) is 10.0. The summed E-state index contributed by atoms with van der Waals surface area (Å²) in [7, 11) is 0. The van der Waals surface area contributed by atoms with Crippen LogP contribution in [0.15, 0.2) is 0 Å². The first-order valence-electron chi connectivity index (χ1n) is 3.58. The molecule has 2 nitrogen and oxygen atoms in total. The SMILES string of the molecule is O=CC[C@@H]1CCCNC1. The van der Waals surface area contributed by atoms with E-state index in [4.69, 9.17) is 0 Å². The van der Waals surface area contributed by atoms with E-state index in [9.17, 15) is 4.79 Å². The lowest BCUT2D eigenvalue weighted by Gasteiger charge is -2.19. The molecule has 1 heterocycles. The Morgan fingerprint density at radius 3 is 3.11 bits per heavy atom. The molecule has 1 atom stereocenters. The summed E-state index contributed by atoms with van der Waals surface area (Å²) in [6.45, 7) is 2.17. The topological polar surface area (TPSA) is 29.1 Å². The largest absolute Gasteiger partial charge is 0.316 e. The van der Waals surface area contributed by atoms with E-state index < -0.39 is 0 Å². The molecular weight excluding hydrogens is 114 g/mol. The molecule has 0 spiro atoms. The maximum atomic E-state index is 10.0. The Morgan fingerprint density at radius 2 is 2.56 bits per heavy atom. The van der Waals surface area contributed by atoms with Crippen LogP contribution in [0.2, 0.25) is 0 Å². The highest BCUT2D eigenvalue weighted by atomic mass is 16.1. The number of hydrogen-bond acceptors (Lipinski definition) is 2. The van der Waals surface area contributed by atoms with Gasteiger partial charge in [0.25, 0.3) is 0 Å². The van der Waals surface area contributed by atoms with Crippen LogP contribution in [0.4, 0.5) is 0 Å². The summed E-state index contributed by atoms with van der Waals surface area (Å²) < 4.78 is 0. The zero-order valence-corrected chi connectivity index (χ0v) is 5.60. The van der Waals surface area contributed by atoms with Gasteiger partial charge >= 0.3 is 0 Å². The molecule has 0 bridgehead atoms. The molecule has 1 fully saturated rings. The quantitative estimate of drug-likeness (QED) is 0.550. The number of carbonyl (C=O) groups excluding carboxylic acids is 1. The lowest BCUT2D eigenvalue weighted by molar-refractivity contribution is -0.108. The predicted molar refractivity (Wildman–Crippen MR) is 36.3 cm³/mol. The number of piperidine rings is 1. The molecule has 0 aromatic carbocycles. The monoisotopic (exact) mass is 127 g/mol. The van der Waals surface area contributed by atoms with Crippen LogP contribution in [0.5, 0.6) is 0 Å². The average Bonchev–Trinajstić information content (AvgIpc) is 1.91. The van der Waals surface area contributed by atoms with Gasteiger partial charge in [-0.2, -0.15) is 0 Å². The fraction of sp³-hybridized carbons (Fsp3) is 0.857. The molecule has 52 valence electrons. The van der Waals surface area contributed by atoms with Crippen molar-refractivity contribution < 1.29 is 4.79 Å². The van der Waals surface area contributed by atoms with Gasteiger partial charge in [-0.3, -0.25) is 0 Å². The lowest BCUT2D eigenvalue weighted by Crippen LogP contribution is -2.29. The molecule has 9 heavy (non-hydrogen) atoms. The second-order valence-electron chi connectivity index (χ2n) is 2.61. The van der Waals surface area contributed by atoms with E-state index in [1.165, 1.54) is 12.8 Å². The molecule has 0 aromatic heterocycles. The van der Waals surface area contributed by atoms with Crippen LogP contribution in [0.25, 0.3) is 0 Å². The van der Waals surface area contributed by atoms with Gasteiger partial charge in [0.2, 0.25) is 0 Å². The first-order chi connectivity index (χ1) is 4.43. The minimum atomic E-state index is 0.622. The second kappa shape index (κ2) is 3.62. The molecular formula is C7H13NO. The molecule has 0 aliphatic carbocycles. The van der Waals surface area contributed by atoms with E-state index in [0.717, 1.165) is 25.8 Å². The van der Waals surface area contributed by atoms with Crippen LogP contribution in [0, 0.1) is 5.92 Å². The Labute approximate surface area is 55.6 Å². The summed E-state index contributed by atoms with van der Waals surface area (Å²) in [6, 6.07) is 0. The first kappa shape index (κ1) is 6.75. The van der Waals surface area contributed by atoms with E-state index in [-0.39, 0.29) is 0 Å². The maximum absolute atomic E-state index is 10.0. The molecule has 0 aromatic rings. The lowest BCUT2D eigenvalue weighted by atomic mass is 9.97. The molecule has 1 N–H and O–H groups in total. The molecule has 1 aliphatic heterocycles. The minimum Gasteiger partial charge on any atom is -0.316 e. The maximum Gasteiger partial charge on any atom is 0.120 e. The zero-order valence-electron chi connectivity index (χ0n) is 5.60. The summed E-state index contributed by atoms with van der Waals surface area (Å²) in [5, 5.41) is 3.26. The van der Waals surface area contributed by atoms with Crippen molar-refractivity contribution in [1.82, 2.24) is 5.32 Å². The number of rotatable bonds is 2. The van der Waals surface area contributed by atoms with Crippen LogP contribution in [-0.2, 0) is 4.79 Å². The highest BCUT2D eigenvalue weighted by Gasteiger charge is 2.10. The molecule has 0 unspecified atom stereocenters. The van der Waals surface area contributed by atoms with Gasteiger partial charge in [-0.15, -0.1) is 0 Å². The molecule has 1 rings (SSSR count). The summed E-state index contributed by atoms with van der Waals surface area (Å²) in [5.41, 5.74) is 0. The van der Waals surface area contributed by atoms with Gasteiger partial charge < -0.3 is 10.1 Å². The smallest absolute Gasteiger partial charge is 0.120 e. The second-order valence-corrected chi connectivity index (χ2v) is 2.61. The van der Waals surface area contributed by atoms with Crippen molar-refractivity contribution in [2.75, 3.05) is 13.1 Å². The Bertz CT molecular complexity index is 86.9. The van der Waals surface area contributed by atoms with Crippen molar-refractivity contribution in [1.29, 1.82) is 0 Å². The van der Waals surface area contributed by atoms with Crippen LogP contribution in [0.1, 0.15) is 19.3 Å². The molecule has 1 aliphatic rings. The van der Waals surface area contributed by atoms with Crippen molar-refractivity contribution >= 4 is 6.29 Å². The van der Waals surface area contributed by atoms with Gasteiger partial charge in [-0.25, -0.2) is 0 Å². The predicted octanol–water partition coefficient (Wildman–Crippen LogP) is 0.575. The summed E-state index contributed by atoms with van der Waals surface area (Å²) in [6.07, 6.45) is 4.23. The first-order valence-corrected chi connectivity index (χ1v) is 3.58. The molecule has 0 radical (unpaired) electrons. The van der Waals surface area contributed by atoms with E-state index in [0.29, 0.717) is 5.92 Å². The molecule has 1 saturated heterocycles. The Kier molecular flexibility index (Phi) is 2.71. The zero-order chi connectivity index (χ0) is 6.53. The number of hydrogen-bond donors (Lipinski definition) is 1. The van der Waals surface area contributed by atoms with Crippen molar-refractivity contribution in [3.8, 4) is 0 Å². The van der Waals surface area contributed by atoms with Crippen LogP contribution in [0.3, 0.4) is 0 Å². The molecule has 0 amide bonds. The third kappa shape index (κ3) is 2.14. The van der Waals surface area contributed by atoms with Gasteiger partial charge in [0.05, 0.1) is 0 Å². The van der Waals surface area contributed by atoms with Crippen LogP contribution < -0.4 is 5.32 Å². The standard InChI is InChI=1S/C7H13NO/c9-5-3-7-2-1-4-8-6-7/h5,7-8H,1-4,6H2/t7-/m0/s1. The van der Waals surface area contributed by atoms with Crippen molar-refractivity contribution in [2.45, 2.75) is 19.3 Å². The van der Waals surface area contributed by atoms with Gasteiger partial charge in [0.15, 0.2) is 0 Å². The van der Waals surface area contributed by atoms with Gasteiger partial charge in [-0.1, -0.05) is 0 Å². The third-order valence-corrected chi connectivity index (χ3v) is 1.83. The van der Waals surface area contributed by atoms with Crippen LogP contribution >= 0.6 is 0 Å². The van der Waals surface area contributed by atoms with Crippen LogP contribution in [-0.4, -0.2) is 19.4 Å². The summed E-state index contributed by atoms with van der Waals surface area (Å²) >= 11 is 0. The van der Waals surface area contributed by atoms with Crippen molar-refractivity contribution in [3.63, 3.8) is 0 Å². The minimum absolute atomic E-state index is 0.622. The highest BCUT2D eigenvalue weighted by Crippen LogP contribution is 2.11. The number of carbonyl (C=O) groups is 1. The number of aldehydes is 1. The Morgan fingerprint density at radius 1 is 1.67 bits per heavy atom. The van der Waals surface area contributed by atoms with Crippen molar-refractivity contribution in [2.24, 2.45) is 5.92 Å². The number of nitrogens with one attached hydrogen (secondary N) is 1. The van der Waals surface area contributed by atoms with Gasteiger partial charge in [0, 0.05) is 6.42 Å². The fourth-order valence-corrected chi connectivity index (χ4v) is 1.26. The fourth-order valence-electron chi connectivity index (χ4n) is 1.26. The van der Waals surface area contributed by atoms with E-state index >= 15 is 0 Å². The third-order valence-electron chi connectivity index (χ3n) is 1.83. The van der Waals surface area contributed by atoms with Crippen molar-refractivity contribution in [3.05, 3.63) is 0 Å². The normalized spacial score (nSPS) is 27.8. The molecule has 2 heteroatoms. The van der Waals surface area contributed by atoms with E-state index in [1.54, 1.807) is 0 Å². The average molecular weight is 127 g/mol. The van der Waals surface area contributed by atoms with E-state index in [2.05, 4.69) is 5.32 Å².